The number of esters is 1. The lowest BCUT2D eigenvalue weighted by Crippen LogP contribution is -2.35. The van der Waals surface area contributed by atoms with E-state index in [4.69, 9.17) is 14.2 Å². The van der Waals surface area contributed by atoms with Crippen LogP contribution in [0.1, 0.15) is 54.9 Å². The number of carbonyl (C=O) groups is 2. The lowest BCUT2D eigenvalue weighted by atomic mass is 9.99. The van der Waals surface area contributed by atoms with Crippen molar-refractivity contribution in [1.29, 1.82) is 0 Å². The van der Waals surface area contributed by atoms with Gasteiger partial charge in [0.25, 0.3) is 5.91 Å². The van der Waals surface area contributed by atoms with Crippen LogP contribution in [0.15, 0.2) is 84.3 Å². The Morgan fingerprint density at radius 1 is 1.05 bits per heavy atom. The van der Waals surface area contributed by atoms with Crippen LogP contribution in [0.5, 0.6) is 0 Å². The molecule has 4 aromatic rings. The largest absolute Gasteiger partial charge is 0.453 e. The summed E-state index contributed by atoms with van der Waals surface area (Å²) in [4.78, 5) is 23.5. The Kier molecular flexibility index (Phi) is 10.4. The van der Waals surface area contributed by atoms with Gasteiger partial charge in [0.05, 0.1) is 18.8 Å². The van der Waals surface area contributed by atoms with Crippen molar-refractivity contribution in [1.82, 2.24) is 20.1 Å². The molecule has 0 aliphatic carbocycles. The van der Waals surface area contributed by atoms with E-state index in [1.807, 2.05) is 78.3 Å². The molecule has 1 saturated heterocycles. The van der Waals surface area contributed by atoms with Crippen LogP contribution in [-0.4, -0.2) is 49.7 Å². The number of aryl methyl sites for hydroxylation is 1. The number of aromatic nitrogens is 3. The molecule has 1 aromatic heterocycles. The highest BCUT2D eigenvalue weighted by Gasteiger charge is 2.32. The van der Waals surface area contributed by atoms with Gasteiger partial charge >= 0.3 is 5.97 Å². The second kappa shape index (κ2) is 14.6. The molecule has 0 spiro atoms. The lowest BCUT2D eigenvalue weighted by molar-refractivity contribution is -0.245. The van der Waals surface area contributed by atoms with E-state index in [9.17, 15) is 14.7 Å². The Morgan fingerprint density at radius 3 is 2.50 bits per heavy atom. The van der Waals surface area contributed by atoms with Gasteiger partial charge in [0.15, 0.2) is 17.6 Å². The summed E-state index contributed by atoms with van der Waals surface area (Å²) in [6.07, 6.45) is 0.589. The van der Waals surface area contributed by atoms with Crippen LogP contribution in [-0.2, 0) is 44.0 Å². The van der Waals surface area contributed by atoms with Gasteiger partial charge < -0.3 is 29.2 Å². The lowest BCUT2D eigenvalue weighted by Gasteiger charge is -2.36. The summed E-state index contributed by atoms with van der Waals surface area (Å²) in [5.41, 5.74) is 5.64. The highest BCUT2D eigenvalue weighted by atomic mass is 32.2. The first-order valence-corrected chi connectivity index (χ1v) is 15.4. The predicted molar refractivity (Wildman–Crippen MR) is 165 cm³/mol. The number of nitrogens with zero attached hydrogens (tertiary/aromatic N) is 3. The molecule has 44 heavy (non-hydrogen) atoms. The third kappa shape index (κ3) is 8.11. The summed E-state index contributed by atoms with van der Waals surface area (Å²) in [5, 5.41) is 21.3. The minimum absolute atomic E-state index is 0.0116. The number of nitrogens with one attached hydrogen (secondary N) is 1. The van der Waals surface area contributed by atoms with Crippen molar-refractivity contribution in [3.63, 3.8) is 0 Å². The predicted octanol–water partition coefficient (Wildman–Crippen LogP) is 4.88. The Balaban J connectivity index is 1.33. The Hall–Kier alpha value is -4.03. The fraction of sp³-hybridized carbons (Fsp3) is 0.333. The number of thioether (sulfide) groups is 1. The standard InChI is InChI=1S/C33H36N4O6S/c1-21(41-22(2)39)31(40)34-17-24-6-4-7-26(14-24)27-8-5-9-28(15-27)32-42-29(19-44-33-36-35-20-37(33)3)16-30(43-32)25-12-10-23(18-38)11-13-25/h4-15,20-21,29-30,32,38H,16-19H2,1-3H3,(H,34,40). The smallest absolute Gasteiger partial charge is 0.303 e. The number of ether oxygens (including phenoxy) is 3. The topological polar surface area (TPSA) is 125 Å². The van der Waals surface area contributed by atoms with Gasteiger partial charge in [-0.25, -0.2) is 0 Å². The molecule has 5 rings (SSSR count). The minimum Gasteiger partial charge on any atom is -0.453 e. The van der Waals surface area contributed by atoms with Crippen molar-refractivity contribution >= 4 is 23.6 Å². The van der Waals surface area contributed by atoms with Gasteiger partial charge in [-0.1, -0.05) is 72.4 Å². The Labute approximate surface area is 260 Å². The number of benzene rings is 3. The zero-order valence-corrected chi connectivity index (χ0v) is 25.7. The van der Waals surface area contributed by atoms with Crippen LogP contribution in [0.4, 0.5) is 0 Å². The van der Waals surface area contributed by atoms with E-state index in [1.165, 1.54) is 6.92 Å². The first kappa shape index (κ1) is 31.4. The van der Waals surface area contributed by atoms with Crippen LogP contribution in [0.25, 0.3) is 11.1 Å². The number of hydrogen-bond donors (Lipinski definition) is 2. The van der Waals surface area contributed by atoms with E-state index in [0.717, 1.165) is 38.5 Å². The molecular formula is C33H36N4O6S. The van der Waals surface area contributed by atoms with Gasteiger partial charge in [-0.15, -0.1) is 10.2 Å². The summed E-state index contributed by atoms with van der Waals surface area (Å²) in [6, 6.07) is 23.8. The maximum atomic E-state index is 12.3. The summed E-state index contributed by atoms with van der Waals surface area (Å²) >= 11 is 1.59. The number of aliphatic hydroxyl groups excluding tert-OH is 1. The molecule has 0 bridgehead atoms. The number of carbonyl (C=O) groups excluding carboxylic acids is 2. The molecule has 11 heteroatoms. The summed E-state index contributed by atoms with van der Waals surface area (Å²) in [5.74, 6) is -0.172. The van der Waals surface area contributed by atoms with Crippen LogP contribution in [0.2, 0.25) is 0 Å². The molecule has 3 aromatic carbocycles. The van der Waals surface area contributed by atoms with Crippen molar-refractivity contribution in [2.75, 3.05) is 5.75 Å². The van der Waals surface area contributed by atoms with E-state index < -0.39 is 18.4 Å². The van der Waals surface area contributed by atoms with Crippen molar-refractivity contribution < 1.29 is 28.9 Å². The molecule has 0 saturated carbocycles. The Morgan fingerprint density at radius 2 is 1.80 bits per heavy atom. The normalized spacial score (nSPS) is 18.9. The van der Waals surface area contributed by atoms with Gasteiger partial charge in [-0.05, 0) is 46.9 Å². The second-order valence-electron chi connectivity index (χ2n) is 10.7. The highest BCUT2D eigenvalue weighted by Crippen LogP contribution is 2.40. The van der Waals surface area contributed by atoms with Gasteiger partial charge in [0.2, 0.25) is 0 Å². The summed E-state index contributed by atoms with van der Waals surface area (Å²) in [7, 11) is 1.92. The number of aliphatic hydroxyl groups is 1. The minimum atomic E-state index is -0.859. The molecule has 230 valence electrons. The zero-order chi connectivity index (χ0) is 31.1. The molecule has 0 radical (unpaired) electrons. The maximum Gasteiger partial charge on any atom is 0.303 e. The van der Waals surface area contributed by atoms with E-state index in [-0.39, 0.29) is 24.7 Å². The number of rotatable bonds is 11. The molecular weight excluding hydrogens is 580 g/mol. The SMILES string of the molecule is CC(=O)OC(C)C(=O)NCc1cccc(-c2cccc(C3OC(CSc4nncn4C)CC(c4ccc(CO)cc4)O3)c2)c1. The molecule has 2 heterocycles. The fourth-order valence-electron chi connectivity index (χ4n) is 4.95. The average Bonchev–Trinajstić information content (AvgIpc) is 3.46. The van der Waals surface area contributed by atoms with Gasteiger partial charge in [-0.3, -0.25) is 9.59 Å². The monoisotopic (exact) mass is 616 g/mol. The van der Waals surface area contributed by atoms with E-state index in [1.54, 1.807) is 25.0 Å². The van der Waals surface area contributed by atoms with Crippen LogP contribution in [0.3, 0.4) is 0 Å². The first-order chi connectivity index (χ1) is 21.3. The first-order valence-electron chi connectivity index (χ1n) is 14.4. The molecule has 1 fully saturated rings. The van der Waals surface area contributed by atoms with Gasteiger partial charge in [0, 0.05) is 38.3 Å². The highest BCUT2D eigenvalue weighted by molar-refractivity contribution is 7.99. The molecule has 1 aliphatic heterocycles. The number of amides is 1. The molecule has 1 aliphatic rings. The van der Waals surface area contributed by atoms with Gasteiger partial charge in [-0.2, -0.15) is 0 Å². The Bertz CT molecular complexity index is 1580. The van der Waals surface area contributed by atoms with E-state index in [2.05, 4.69) is 21.6 Å². The third-order valence-electron chi connectivity index (χ3n) is 7.28. The molecule has 4 unspecified atom stereocenters. The van der Waals surface area contributed by atoms with Crippen molar-refractivity contribution in [3.05, 3.63) is 101 Å². The van der Waals surface area contributed by atoms with E-state index in [0.29, 0.717) is 18.7 Å². The average molecular weight is 617 g/mol. The van der Waals surface area contributed by atoms with Crippen LogP contribution in [0, 0.1) is 0 Å². The van der Waals surface area contributed by atoms with Crippen molar-refractivity contribution in [2.45, 2.75) is 63.2 Å². The maximum absolute atomic E-state index is 12.3. The summed E-state index contributed by atoms with van der Waals surface area (Å²) in [6.45, 7) is 3.11. The fourth-order valence-corrected chi connectivity index (χ4v) is 5.86. The van der Waals surface area contributed by atoms with Crippen molar-refractivity contribution in [3.8, 4) is 11.1 Å². The second-order valence-corrected chi connectivity index (χ2v) is 11.7. The van der Waals surface area contributed by atoms with Gasteiger partial charge in [0.1, 0.15) is 6.33 Å². The molecule has 2 N–H and O–H groups in total. The quantitative estimate of drug-likeness (QED) is 0.179. The molecule has 1 amide bonds. The van der Waals surface area contributed by atoms with E-state index >= 15 is 0 Å². The number of hydrogen-bond acceptors (Lipinski definition) is 9. The molecule has 10 nitrogen and oxygen atoms in total. The van der Waals surface area contributed by atoms with Crippen LogP contribution >= 0.6 is 11.8 Å². The van der Waals surface area contributed by atoms with Crippen LogP contribution < -0.4 is 5.32 Å². The van der Waals surface area contributed by atoms with Crippen molar-refractivity contribution in [2.24, 2.45) is 7.05 Å². The summed E-state index contributed by atoms with van der Waals surface area (Å²) < 4.78 is 19.9. The molecule has 4 atom stereocenters. The third-order valence-corrected chi connectivity index (χ3v) is 8.45. The zero-order valence-electron chi connectivity index (χ0n) is 24.9.